The molecule has 2 aromatic rings. The molecule has 0 atom stereocenters. The minimum atomic E-state index is -0.115. The maximum atomic E-state index is 11.9. The van der Waals surface area contributed by atoms with E-state index in [-0.39, 0.29) is 12.5 Å². The van der Waals surface area contributed by atoms with Crippen LogP contribution in [0.3, 0.4) is 0 Å². The van der Waals surface area contributed by atoms with E-state index in [2.05, 4.69) is 20.9 Å². The van der Waals surface area contributed by atoms with Crippen LogP contribution in [-0.2, 0) is 16.1 Å². The number of carbonyl (C=O) groups excluding carboxylic acids is 1. The maximum absolute atomic E-state index is 11.9. The first-order chi connectivity index (χ1) is 14.1. The third kappa shape index (κ3) is 8.23. The fraction of sp³-hybridized carbons (Fsp3) is 0.364. The Morgan fingerprint density at radius 1 is 1.07 bits per heavy atom. The topological polar surface area (TPSA) is 84.0 Å². The number of guanidine groups is 1. The fourth-order valence-corrected chi connectivity index (χ4v) is 2.53. The lowest BCUT2D eigenvalue weighted by Crippen LogP contribution is -2.43. The molecular weight excluding hydrogens is 368 g/mol. The van der Waals surface area contributed by atoms with Crippen LogP contribution >= 0.6 is 0 Å². The van der Waals surface area contributed by atoms with E-state index in [4.69, 9.17) is 9.47 Å². The van der Waals surface area contributed by atoms with Gasteiger partial charge in [-0.3, -0.25) is 4.79 Å². The van der Waals surface area contributed by atoms with Crippen molar-refractivity contribution in [3.63, 3.8) is 0 Å². The Morgan fingerprint density at radius 2 is 1.86 bits per heavy atom. The molecule has 156 valence electrons. The molecule has 2 aromatic carbocycles. The third-order valence-corrected chi connectivity index (χ3v) is 3.99. The normalized spacial score (nSPS) is 11.1. The molecule has 0 radical (unpaired) electrons. The molecule has 0 saturated heterocycles. The number of aliphatic imine (C=N–C) groups is 1. The fourth-order valence-electron chi connectivity index (χ4n) is 2.53. The van der Waals surface area contributed by atoms with Crippen molar-refractivity contribution in [1.82, 2.24) is 16.0 Å². The monoisotopic (exact) mass is 398 g/mol. The van der Waals surface area contributed by atoms with Gasteiger partial charge in [-0.2, -0.15) is 0 Å². The second-order valence-corrected chi connectivity index (χ2v) is 6.42. The number of hydrogen-bond donors (Lipinski definition) is 3. The van der Waals surface area contributed by atoms with Crippen LogP contribution in [0.2, 0.25) is 0 Å². The average molecular weight is 399 g/mol. The molecular formula is C22H30N4O3. The number of amides is 1. The number of benzene rings is 2. The third-order valence-electron chi connectivity index (χ3n) is 3.99. The molecule has 3 N–H and O–H groups in total. The highest BCUT2D eigenvalue weighted by atomic mass is 16.5. The summed E-state index contributed by atoms with van der Waals surface area (Å²) in [7, 11) is 1.60. The SMILES string of the molecule is CCNC(=NCc1ccc(C)cc1Oc1ccccc1)NCC(=O)NCCOC. The van der Waals surface area contributed by atoms with Gasteiger partial charge in [-0.25, -0.2) is 4.99 Å². The van der Waals surface area contributed by atoms with Crippen LogP contribution in [0.5, 0.6) is 11.5 Å². The number of aryl methyl sites for hydroxylation is 1. The number of nitrogens with one attached hydrogen (secondary N) is 3. The molecule has 7 nitrogen and oxygen atoms in total. The molecule has 2 rings (SSSR count). The second-order valence-electron chi connectivity index (χ2n) is 6.42. The minimum absolute atomic E-state index is 0.115. The van der Waals surface area contributed by atoms with Crippen molar-refractivity contribution in [2.75, 3.05) is 33.4 Å². The van der Waals surface area contributed by atoms with Crippen molar-refractivity contribution in [1.29, 1.82) is 0 Å². The molecule has 0 unspecified atom stereocenters. The molecule has 0 saturated carbocycles. The number of ether oxygens (including phenoxy) is 2. The highest BCUT2D eigenvalue weighted by molar-refractivity contribution is 5.86. The summed E-state index contributed by atoms with van der Waals surface area (Å²) in [5.74, 6) is 2.01. The second kappa shape index (κ2) is 12.4. The first-order valence-electron chi connectivity index (χ1n) is 9.72. The summed E-state index contributed by atoms with van der Waals surface area (Å²) in [6.45, 7) is 6.22. The van der Waals surface area contributed by atoms with Crippen LogP contribution in [0.4, 0.5) is 0 Å². The van der Waals surface area contributed by atoms with Crippen LogP contribution in [0.25, 0.3) is 0 Å². The van der Waals surface area contributed by atoms with Crippen LogP contribution in [0.1, 0.15) is 18.1 Å². The molecule has 0 aromatic heterocycles. The van der Waals surface area contributed by atoms with Gasteiger partial charge in [-0.15, -0.1) is 0 Å². The Hall–Kier alpha value is -3.06. The zero-order valence-electron chi connectivity index (χ0n) is 17.3. The zero-order valence-corrected chi connectivity index (χ0v) is 17.3. The van der Waals surface area contributed by atoms with Gasteiger partial charge in [0, 0.05) is 25.8 Å². The highest BCUT2D eigenvalue weighted by Gasteiger charge is 2.07. The van der Waals surface area contributed by atoms with Crippen LogP contribution in [-0.4, -0.2) is 45.2 Å². The van der Waals surface area contributed by atoms with Crippen molar-refractivity contribution in [3.8, 4) is 11.5 Å². The molecule has 0 aliphatic rings. The predicted octanol–water partition coefficient (Wildman–Crippen LogP) is 2.61. The Balaban J connectivity index is 2.03. The molecule has 0 aliphatic heterocycles. The van der Waals surface area contributed by atoms with Gasteiger partial charge in [-0.05, 0) is 37.6 Å². The predicted molar refractivity (Wildman–Crippen MR) is 115 cm³/mol. The van der Waals surface area contributed by atoms with Crippen molar-refractivity contribution < 1.29 is 14.3 Å². The Kier molecular flexibility index (Phi) is 9.51. The number of nitrogens with zero attached hydrogens (tertiary/aromatic N) is 1. The van der Waals surface area contributed by atoms with Crippen molar-refractivity contribution in [2.45, 2.75) is 20.4 Å². The maximum Gasteiger partial charge on any atom is 0.239 e. The van der Waals surface area contributed by atoms with E-state index in [0.29, 0.717) is 32.2 Å². The summed E-state index contributed by atoms with van der Waals surface area (Å²) < 4.78 is 11.0. The average Bonchev–Trinajstić information content (AvgIpc) is 2.72. The van der Waals surface area contributed by atoms with Gasteiger partial charge < -0.3 is 25.4 Å². The van der Waals surface area contributed by atoms with Crippen molar-refractivity contribution >= 4 is 11.9 Å². The summed E-state index contributed by atoms with van der Waals surface area (Å²) in [5, 5.41) is 8.96. The summed E-state index contributed by atoms with van der Waals surface area (Å²) in [4.78, 5) is 16.5. The first-order valence-corrected chi connectivity index (χ1v) is 9.72. The lowest BCUT2D eigenvalue weighted by molar-refractivity contribution is -0.120. The van der Waals surface area contributed by atoms with Gasteiger partial charge in [0.15, 0.2) is 5.96 Å². The first kappa shape index (κ1) is 22.2. The zero-order chi connectivity index (χ0) is 20.9. The van der Waals surface area contributed by atoms with Gasteiger partial charge in [0.25, 0.3) is 0 Å². The largest absolute Gasteiger partial charge is 0.457 e. The molecule has 0 bridgehead atoms. The van der Waals surface area contributed by atoms with Crippen molar-refractivity contribution in [2.24, 2.45) is 4.99 Å². The van der Waals surface area contributed by atoms with E-state index >= 15 is 0 Å². The molecule has 29 heavy (non-hydrogen) atoms. The quantitative estimate of drug-likeness (QED) is 0.326. The van der Waals surface area contributed by atoms with Gasteiger partial charge in [0.1, 0.15) is 11.5 Å². The lowest BCUT2D eigenvalue weighted by Gasteiger charge is -2.13. The van der Waals surface area contributed by atoms with E-state index < -0.39 is 0 Å². The molecule has 7 heteroatoms. The van der Waals surface area contributed by atoms with E-state index in [1.807, 2.05) is 62.4 Å². The van der Waals surface area contributed by atoms with Gasteiger partial charge in [0.05, 0.1) is 19.7 Å². The number of hydrogen-bond acceptors (Lipinski definition) is 4. The van der Waals surface area contributed by atoms with E-state index in [9.17, 15) is 4.79 Å². The summed E-state index contributed by atoms with van der Waals surface area (Å²) in [6.07, 6.45) is 0. The van der Waals surface area contributed by atoms with Gasteiger partial charge in [0.2, 0.25) is 5.91 Å². The molecule has 1 amide bonds. The van der Waals surface area contributed by atoms with Gasteiger partial charge in [-0.1, -0.05) is 30.3 Å². The van der Waals surface area contributed by atoms with E-state index in [0.717, 1.165) is 22.6 Å². The standard InChI is InChI=1S/C22H30N4O3/c1-4-23-22(26-16-21(27)24-12-13-28-3)25-15-18-11-10-17(2)14-20(18)29-19-8-6-5-7-9-19/h5-11,14H,4,12-13,15-16H2,1-3H3,(H,24,27)(H2,23,25,26). The minimum Gasteiger partial charge on any atom is -0.457 e. The Labute approximate surface area is 172 Å². The van der Waals surface area contributed by atoms with Crippen LogP contribution in [0, 0.1) is 6.92 Å². The lowest BCUT2D eigenvalue weighted by atomic mass is 10.1. The molecule has 0 spiro atoms. The summed E-state index contributed by atoms with van der Waals surface area (Å²) >= 11 is 0. The number of carbonyl (C=O) groups is 1. The molecule has 0 aliphatic carbocycles. The number of methoxy groups -OCH3 is 1. The van der Waals surface area contributed by atoms with E-state index in [1.54, 1.807) is 7.11 Å². The smallest absolute Gasteiger partial charge is 0.239 e. The van der Waals surface area contributed by atoms with Crippen LogP contribution in [0.15, 0.2) is 53.5 Å². The highest BCUT2D eigenvalue weighted by Crippen LogP contribution is 2.27. The number of rotatable bonds is 10. The van der Waals surface area contributed by atoms with Gasteiger partial charge >= 0.3 is 0 Å². The molecule has 0 heterocycles. The Bertz CT molecular complexity index is 794. The van der Waals surface area contributed by atoms with Crippen LogP contribution < -0.4 is 20.7 Å². The van der Waals surface area contributed by atoms with E-state index in [1.165, 1.54) is 0 Å². The molecule has 0 fully saturated rings. The van der Waals surface area contributed by atoms with Crippen molar-refractivity contribution in [3.05, 3.63) is 59.7 Å². The number of para-hydroxylation sites is 1. The summed E-state index contributed by atoms with van der Waals surface area (Å²) in [5.41, 5.74) is 2.07. The summed E-state index contributed by atoms with van der Waals surface area (Å²) in [6, 6.07) is 15.7. The Morgan fingerprint density at radius 3 is 2.59 bits per heavy atom.